The van der Waals surface area contributed by atoms with Gasteiger partial charge in [-0.2, -0.15) is 4.98 Å². The number of hydrogen-bond donors (Lipinski definition) is 1. The van der Waals surface area contributed by atoms with Gasteiger partial charge in [-0.15, -0.1) is 0 Å². The fourth-order valence-corrected chi connectivity index (χ4v) is 1.95. The molecule has 1 aliphatic rings. The molecule has 0 aliphatic carbocycles. The fraction of sp³-hybridized carbons (Fsp3) is 0.385. The van der Waals surface area contributed by atoms with Crippen molar-refractivity contribution in [3.05, 3.63) is 24.0 Å². The minimum absolute atomic E-state index is 0.355. The molecule has 2 aromatic rings. The lowest BCUT2D eigenvalue weighted by Crippen LogP contribution is -2.18. The Kier molecular flexibility index (Phi) is 3.33. The lowest BCUT2D eigenvalue weighted by atomic mass is 10.1. The summed E-state index contributed by atoms with van der Waals surface area (Å²) in [6.07, 6.45) is 0. The van der Waals surface area contributed by atoms with E-state index in [1.807, 2.05) is 25.1 Å². The van der Waals surface area contributed by atoms with E-state index in [1.54, 1.807) is 0 Å². The number of nitrogens with one attached hydrogen (secondary N) is 1. The van der Waals surface area contributed by atoms with Crippen LogP contribution in [0.1, 0.15) is 12.7 Å². The molecule has 19 heavy (non-hydrogen) atoms. The molecule has 0 bridgehead atoms. The zero-order valence-corrected chi connectivity index (χ0v) is 10.7. The van der Waals surface area contributed by atoms with E-state index in [9.17, 15) is 0 Å². The van der Waals surface area contributed by atoms with Gasteiger partial charge >= 0.3 is 0 Å². The molecule has 1 aliphatic heterocycles. The number of fused-ring (bicyclic) bond motifs is 1. The predicted octanol–water partition coefficient (Wildman–Crippen LogP) is 2.08. The predicted molar refractivity (Wildman–Crippen MR) is 69.0 cm³/mol. The maximum Gasteiger partial charge on any atom is 0.261 e. The third-order valence-electron chi connectivity index (χ3n) is 2.81. The first-order valence-electron chi connectivity index (χ1n) is 6.29. The third-order valence-corrected chi connectivity index (χ3v) is 2.81. The molecule has 3 rings (SSSR count). The number of anilines is 1. The Hall–Kier alpha value is -2.08. The van der Waals surface area contributed by atoms with Crippen LogP contribution in [0.15, 0.2) is 22.7 Å². The summed E-state index contributed by atoms with van der Waals surface area (Å²) in [5, 5.41) is 7.17. The van der Waals surface area contributed by atoms with Gasteiger partial charge < -0.3 is 19.3 Å². The summed E-state index contributed by atoms with van der Waals surface area (Å²) < 4.78 is 16.2. The largest absolute Gasteiger partial charge is 0.489 e. The minimum Gasteiger partial charge on any atom is -0.489 e. The number of nitrogens with zero attached hydrogens (tertiary/aromatic N) is 2. The van der Waals surface area contributed by atoms with E-state index in [2.05, 4.69) is 15.5 Å². The highest BCUT2D eigenvalue weighted by atomic mass is 16.5. The van der Waals surface area contributed by atoms with Crippen LogP contribution < -0.4 is 10.1 Å². The Labute approximate surface area is 110 Å². The molecule has 0 saturated heterocycles. The zero-order valence-electron chi connectivity index (χ0n) is 10.7. The van der Waals surface area contributed by atoms with Crippen molar-refractivity contribution in [3.63, 3.8) is 0 Å². The van der Waals surface area contributed by atoms with E-state index in [4.69, 9.17) is 14.0 Å². The van der Waals surface area contributed by atoms with Crippen molar-refractivity contribution < 1.29 is 14.0 Å². The molecule has 0 saturated carbocycles. The molecule has 0 fully saturated rings. The molecule has 100 valence electrons. The summed E-state index contributed by atoms with van der Waals surface area (Å²) >= 11 is 0. The first-order chi connectivity index (χ1) is 9.38. The highest BCUT2D eigenvalue weighted by molar-refractivity contribution is 5.74. The maximum absolute atomic E-state index is 5.68. The second kappa shape index (κ2) is 5.27. The van der Waals surface area contributed by atoms with Gasteiger partial charge in [-0.3, -0.25) is 0 Å². The van der Waals surface area contributed by atoms with Crippen molar-refractivity contribution >= 4 is 5.69 Å². The monoisotopic (exact) mass is 261 g/mol. The van der Waals surface area contributed by atoms with Crippen molar-refractivity contribution in [3.8, 4) is 17.2 Å². The highest BCUT2D eigenvalue weighted by Crippen LogP contribution is 2.37. The smallest absolute Gasteiger partial charge is 0.261 e. The molecule has 0 atom stereocenters. The van der Waals surface area contributed by atoms with Crippen LogP contribution in [-0.4, -0.2) is 29.9 Å². The van der Waals surface area contributed by atoms with Gasteiger partial charge in [0.1, 0.15) is 13.2 Å². The Morgan fingerprint density at radius 3 is 3.26 bits per heavy atom. The van der Waals surface area contributed by atoms with Gasteiger partial charge in [-0.05, 0) is 19.1 Å². The third kappa shape index (κ3) is 2.39. The van der Waals surface area contributed by atoms with Crippen molar-refractivity contribution in [1.82, 2.24) is 10.1 Å². The van der Waals surface area contributed by atoms with E-state index in [1.165, 1.54) is 0 Å². The molecule has 0 spiro atoms. The summed E-state index contributed by atoms with van der Waals surface area (Å²) in [4.78, 5) is 4.32. The first-order valence-corrected chi connectivity index (χ1v) is 6.29. The number of aromatic nitrogens is 2. The number of benzene rings is 1. The Balaban J connectivity index is 1.91. The molecule has 0 unspecified atom stereocenters. The van der Waals surface area contributed by atoms with Gasteiger partial charge in [-0.25, -0.2) is 0 Å². The van der Waals surface area contributed by atoms with Crippen molar-refractivity contribution in [1.29, 1.82) is 0 Å². The lowest BCUT2D eigenvalue weighted by Gasteiger charge is -2.20. The Bertz CT molecular complexity index is 568. The van der Waals surface area contributed by atoms with Crippen molar-refractivity contribution in [2.24, 2.45) is 0 Å². The number of rotatable bonds is 4. The van der Waals surface area contributed by atoms with E-state index >= 15 is 0 Å². The molecule has 6 nitrogen and oxygen atoms in total. The quantitative estimate of drug-likeness (QED) is 0.908. The summed E-state index contributed by atoms with van der Waals surface area (Å²) in [5.41, 5.74) is 1.76. The molecule has 1 aromatic heterocycles. The average molecular weight is 261 g/mol. The van der Waals surface area contributed by atoms with Crippen molar-refractivity contribution in [2.75, 3.05) is 25.1 Å². The Morgan fingerprint density at radius 2 is 2.37 bits per heavy atom. The SMILES string of the molecule is CCOCc1noc(-c2cccc3c2OCCN3)n1. The summed E-state index contributed by atoms with van der Waals surface area (Å²) in [7, 11) is 0. The van der Waals surface area contributed by atoms with Gasteiger partial charge in [0, 0.05) is 13.2 Å². The van der Waals surface area contributed by atoms with Crippen LogP contribution in [0.2, 0.25) is 0 Å². The minimum atomic E-state index is 0.355. The van der Waals surface area contributed by atoms with Crippen molar-refractivity contribution in [2.45, 2.75) is 13.5 Å². The zero-order chi connectivity index (χ0) is 13.1. The Morgan fingerprint density at radius 1 is 1.42 bits per heavy atom. The average Bonchev–Trinajstić information content (AvgIpc) is 2.93. The van der Waals surface area contributed by atoms with Gasteiger partial charge in [-0.1, -0.05) is 11.2 Å². The summed E-state index contributed by atoms with van der Waals surface area (Å²) in [6.45, 7) is 4.33. The van der Waals surface area contributed by atoms with Crippen LogP contribution in [-0.2, 0) is 11.3 Å². The van der Waals surface area contributed by atoms with Crippen LogP contribution in [0.4, 0.5) is 5.69 Å². The van der Waals surface area contributed by atoms with Crippen LogP contribution in [0.5, 0.6) is 5.75 Å². The summed E-state index contributed by atoms with van der Waals surface area (Å²) in [6, 6.07) is 5.81. The fourth-order valence-electron chi connectivity index (χ4n) is 1.95. The van der Waals surface area contributed by atoms with Crippen LogP contribution in [0, 0.1) is 0 Å². The topological polar surface area (TPSA) is 69.4 Å². The summed E-state index contributed by atoms with van der Waals surface area (Å²) in [5.74, 6) is 1.76. The molecule has 0 amide bonds. The number of ether oxygens (including phenoxy) is 2. The molecule has 2 heterocycles. The first kappa shape index (κ1) is 12.0. The van der Waals surface area contributed by atoms with Gasteiger partial charge in [0.25, 0.3) is 5.89 Å². The highest BCUT2D eigenvalue weighted by Gasteiger charge is 2.19. The number of hydrogen-bond acceptors (Lipinski definition) is 6. The van der Waals surface area contributed by atoms with E-state index in [-0.39, 0.29) is 0 Å². The standard InChI is InChI=1S/C13H15N3O3/c1-2-17-8-11-15-13(19-16-11)9-4-3-5-10-12(9)18-7-6-14-10/h3-5,14H,2,6-8H2,1H3. The maximum atomic E-state index is 5.68. The van der Waals surface area contributed by atoms with E-state index in [0.717, 1.165) is 23.5 Å². The van der Waals surface area contributed by atoms with Gasteiger partial charge in [0.05, 0.1) is 11.3 Å². The lowest BCUT2D eigenvalue weighted by molar-refractivity contribution is 0.126. The molecular weight excluding hydrogens is 246 g/mol. The van der Waals surface area contributed by atoms with E-state index < -0.39 is 0 Å². The molecule has 0 radical (unpaired) electrons. The van der Waals surface area contributed by atoms with Gasteiger partial charge in [0.15, 0.2) is 11.6 Å². The van der Waals surface area contributed by atoms with E-state index in [0.29, 0.717) is 31.5 Å². The van der Waals surface area contributed by atoms with Crippen LogP contribution >= 0.6 is 0 Å². The number of para-hydroxylation sites is 1. The molecule has 1 aromatic carbocycles. The molecular formula is C13H15N3O3. The second-order valence-electron chi connectivity index (χ2n) is 4.11. The van der Waals surface area contributed by atoms with Crippen LogP contribution in [0.25, 0.3) is 11.5 Å². The van der Waals surface area contributed by atoms with Gasteiger partial charge in [0.2, 0.25) is 0 Å². The molecule has 6 heteroatoms. The molecule has 1 N–H and O–H groups in total. The second-order valence-corrected chi connectivity index (χ2v) is 4.11. The normalized spacial score (nSPS) is 13.5. The van der Waals surface area contributed by atoms with Crippen LogP contribution in [0.3, 0.4) is 0 Å².